The highest BCUT2D eigenvalue weighted by atomic mass is 16.5. The summed E-state index contributed by atoms with van der Waals surface area (Å²) in [6, 6.07) is 1.69. The molecule has 1 aromatic rings. The van der Waals surface area contributed by atoms with Crippen LogP contribution in [0.4, 0.5) is 11.8 Å². The molecule has 23 heavy (non-hydrogen) atoms. The molecule has 0 aliphatic carbocycles. The largest absolute Gasteiger partial charge is 0.396 e. The van der Waals surface area contributed by atoms with Crippen molar-refractivity contribution in [3.05, 3.63) is 12.3 Å². The highest BCUT2D eigenvalue weighted by Crippen LogP contribution is 2.28. The number of hydrogen-bond acceptors (Lipinski definition) is 7. The molecule has 0 radical (unpaired) electrons. The van der Waals surface area contributed by atoms with E-state index in [1.807, 2.05) is 0 Å². The molecule has 4 atom stereocenters. The molecule has 3 heterocycles. The number of nitrogens with zero attached hydrogens (tertiary/aromatic N) is 4. The molecule has 0 spiro atoms. The molecule has 128 valence electrons. The van der Waals surface area contributed by atoms with E-state index in [0.717, 1.165) is 32.7 Å². The molecule has 0 aromatic carbocycles. The number of morpholine rings is 1. The number of hydrogen-bond donors (Lipinski definition) is 2. The van der Waals surface area contributed by atoms with Crippen LogP contribution in [0.2, 0.25) is 0 Å². The van der Waals surface area contributed by atoms with Gasteiger partial charge in [0.15, 0.2) is 0 Å². The number of rotatable bonds is 4. The summed E-state index contributed by atoms with van der Waals surface area (Å²) in [5.41, 5.74) is 5.76. The minimum absolute atomic E-state index is 0.193. The molecule has 7 nitrogen and oxygen atoms in total. The van der Waals surface area contributed by atoms with Gasteiger partial charge in [0.25, 0.3) is 0 Å². The van der Waals surface area contributed by atoms with Crippen molar-refractivity contribution < 1.29 is 9.84 Å². The van der Waals surface area contributed by atoms with Gasteiger partial charge in [-0.15, -0.1) is 0 Å². The number of nitrogens with two attached hydrogens (primary N) is 1. The van der Waals surface area contributed by atoms with E-state index in [9.17, 15) is 5.11 Å². The van der Waals surface area contributed by atoms with Crippen molar-refractivity contribution in [3.8, 4) is 0 Å². The zero-order chi connectivity index (χ0) is 16.4. The minimum atomic E-state index is 0.193. The summed E-state index contributed by atoms with van der Waals surface area (Å²) in [5.74, 6) is 1.79. The lowest BCUT2D eigenvalue weighted by molar-refractivity contribution is -0.0725. The predicted molar refractivity (Wildman–Crippen MR) is 89.2 cm³/mol. The van der Waals surface area contributed by atoms with Gasteiger partial charge in [-0.2, -0.15) is 4.98 Å². The lowest BCUT2D eigenvalue weighted by Crippen LogP contribution is -2.48. The lowest BCUT2D eigenvalue weighted by atomic mass is 9.96. The van der Waals surface area contributed by atoms with E-state index in [-0.39, 0.29) is 24.7 Å². The average molecular weight is 321 g/mol. The van der Waals surface area contributed by atoms with Crippen LogP contribution in [0.1, 0.15) is 13.8 Å². The first-order chi connectivity index (χ1) is 11.0. The van der Waals surface area contributed by atoms with Gasteiger partial charge in [-0.3, -0.25) is 4.90 Å². The number of aromatic nitrogens is 2. The van der Waals surface area contributed by atoms with Crippen LogP contribution >= 0.6 is 0 Å². The van der Waals surface area contributed by atoms with E-state index in [4.69, 9.17) is 10.5 Å². The average Bonchev–Trinajstić information content (AvgIpc) is 2.89. The molecule has 2 aliphatic heterocycles. The third-order valence-electron chi connectivity index (χ3n) is 4.75. The van der Waals surface area contributed by atoms with E-state index >= 15 is 0 Å². The van der Waals surface area contributed by atoms with E-state index in [1.54, 1.807) is 12.3 Å². The van der Waals surface area contributed by atoms with Gasteiger partial charge in [-0.1, -0.05) is 0 Å². The molecule has 0 saturated carbocycles. The minimum Gasteiger partial charge on any atom is -0.396 e. The SMILES string of the molecule is C[C@@H]1CN(C[C@@H]2CN(c3nccc(N)n3)C[C@@H]2CO)C[C@H](C)O1. The maximum Gasteiger partial charge on any atom is 0.227 e. The monoisotopic (exact) mass is 321 g/mol. The maximum atomic E-state index is 9.75. The van der Waals surface area contributed by atoms with Crippen molar-refractivity contribution in [1.29, 1.82) is 0 Å². The van der Waals surface area contributed by atoms with Gasteiger partial charge in [-0.25, -0.2) is 4.98 Å². The summed E-state index contributed by atoms with van der Waals surface area (Å²) in [6.45, 7) is 8.94. The molecule has 1 aromatic heterocycles. The first kappa shape index (κ1) is 16.4. The molecule has 3 N–H and O–H groups in total. The first-order valence-electron chi connectivity index (χ1n) is 8.37. The Hall–Kier alpha value is -1.44. The molecule has 7 heteroatoms. The van der Waals surface area contributed by atoms with E-state index in [2.05, 4.69) is 33.6 Å². The normalized spacial score (nSPS) is 32.4. The van der Waals surface area contributed by atoms with E-state index < -0.39 is 0 Å². The van der Waals surface area contributed by atoms with Gasteiger partial charge in [0.2, 0.25) is 5.95 Å². The van der Waals surface area contributed by atoms with Crippen molar-refractivity contribution >= 4 is 11.8 Å². The van der Waals surface area contributed by atoms with Crippen LogP contribution in [-0.2, 0) is 4.74 Å². The number of aliphatic hydroxyl groups excluding tert-OH is 1. The van der Waals surface area contributed by atoms with Gasteiger partial charge >= 0.3 is 0 Å². The quantitative estimate of drug-likeness (QED) is 0.820. The molecular weight excluding hydrogens is 294 g/mol. The Morgan fingerprint density at radius 2 is 1.91 bits per heavy atom. The van der Waals surface area contributed by atoms with Crippen molar-refractivity contribution in [1.82, 2.24) is 14.9 Å². The standard InChI is InChI=1S/C16H27N5O2/c1-11-5-20(6-12(2)23-11)7-13-8-21(9-14(13)10-22)16-18-4-3-15(17)19-16/h3-4,11-14,22H,5-10H2,1-2H3,(H2,17,18,19)/t11-,12+,13-,14-/m1/s1. The lowest BCUT2D eigenvalue weighted by Gasteiger charge is -2.37. The molecule has 2 fully saturated rings. The Labute approximate surface area is 137 Å². The topological polar surface area (TPSA) is 87.7 Å². The first-order valence-corrected chi connectivity index (χ1v) is 8.37. The summed E-state index contributed by atoms with van der Waals surface area (Å²) in [6.07, 6.45) is 2.21. The molecule has 3 rings (SSSR count). The fourth-order valence-electron chi connectivity index (χ4n) is 3.80. The Balaban J connectivity index is 1.65. The van der Waals surface area contributed by atoms with Crippen LogP contribution in [0.15, 0.2) is 12.3 Å². The fraction of sp³-hybridized carbons (Fsp3) is 0.750. The Morgan fingerprint density at radius 3 is 2.57 bits per heavy atom. The zero-order valence-electron chi connectivity index (χ0n) is 13.9. The number of ether oxygens (including phenoxy) is 1. The number of anilines is 2. The van der Waals surface area contributed by atoms with Gasteiger partial charge < -0.3 is 20.5 Å². The van der Waals surface area contributed by atoms with E-state index in [0.29, 0.717) is 17.7 Å². The fourth-order valence-corrected chi connectivity index (χ4v) is 3.80. The second-order valence-electron chi connectivity index (χ2n) is 6.87. The summed E-state index contributed by atoms with van der Waals surface area (Å²) < 4.78 is 5.80. The molecule has 0 bridgehead atoms. The van der Waals surface area contributed by atoms with Crippen molar-refractivity contribution in [3.63, 3.8) is 0 Å². The smallest absolute Gasteiger partial charge is 0.227 e. The predicted octanol–water partition coefficient (Wildman–Crippen LogP) is 0.213. The van der Waals surface area contributed by atoms with Crippen molar-refractivity contribution in [2.24, 2.45) is 11.8 Å². The highest BCUT2D eigenvalue weighted by molar-refractivity contribution is 5.39. The third-order valence-corrected chi connectivity index (χ3v) is 4.75. The summed E-state index contributed by atoms with van der Waals surface area (Å²) in [5, 5.41) is 9.75. The summed E-state index contributed by atoms with van der Waals surface area (Å²) >= 11 is 0. The zero-order valence-corrected chi connectivity index (χ0v) is 13.9. The Bertz CT molecular complexity index is 519. The van der Waals surface area contributed by atoms with Crippen molar-refractivity contribution in [2.45, 2.75) is 26.1 Å². The number of aliphatic hydroxyl groups is 1. The molecule has 2 aliphatic rings. The summed E-state index contributed by atoms with van der Waals surface area (Å²) in [7, 11) is 0. The second-order valence-corrected chi connectivity index (χ2v) is 6.87. The molecule has 0 amide bonds. The Morgan fingerprint density at radius 1 is 1.22 bits per heavy atom. The van der Waals surface area contributed by atoms with Crippen LogP contribution in [0.3, 0.4) is 0 Å². The van der Waals surface area contributed by atoms with Gasteiger partial charge in [0, 0.05) is 51.4 Å². The van der Waals surface area contributed by atoms with Gasteiger partial charge in [0.1, 0.15) is 5.82 Å². The molecule has 0 unspecified atom stereocenters. The molecular formula is C16H27N5O2. The van der Waals surface area contributed by atoms with Crippen LogP contribution in [0.5, 0.6) is 0 Å². The van der Waals surface area contributed by atoms with E-state index in [1.165, 1.54) is 0 Å². The van der Waals surface area contributed by atoms with Crippen molar-refractivity contribution in [2.75, 3.05) is 50.0 Å². The Kier molecular flexibility index (Phi) is 4.99. The van der Waals surface area contributed by atoms with Crippen LogP contribution in [0.25, 0.3) is 0 Å². The second kappa shape index (κ2) is 6.98. The third kappa shape index (κ3) is 3.91. The van der Waals surface area contributed by atoms with Gasteiger partial charge in [0.05, 0.1) is 12.2 Å². The van der Waals surface area contributed by atoms with Gasteiger partial charge in [-0.05, 0) is 25.8 Å². The maximum absolute atomic E-state index is 9.75. The van der Waals surface area contributed by atoms with Crippen LogP contribution < -0.4 is 10.6 Å². The number of nitrogen functional groups attached to an aromatic ring is 1. The molecule has 2 saturated heterocycles. The highest BCUT2D eigenvalue weighted by Gasteiger charge is 2.36. The van der Waals surface area contributed by atoms with Crippen LogP contribution in [-0.4, -0.2) is 71.5 Å². The van der Waals surface area contributed by atoms with Crippen LogP contribution in [0, 0.1) is 11.8 Å². The summed E-state index contributed by atoms with van der Waals surface area (Å²) in [4.78, 5) is 13.2.